The summed E-state index contributed by atoms with van der Waals surface area (Å²) in [4.78, 5) is 24.1. The van der Waals surface area contributed by atoms with E-state index >= 15 is 0 Å². The molecule has 0 unspecified atom stereocenters. The van der Waals surface area contributed by atoms with Gasteiger partial charge >= 0.3 is 0 Å². The predicted octanol–water partition coefficient (Wildman–Crippen LogP) is 3.87. The van der Waals surface area contributed by atoms with E-state index in [0.29, 0.717) is 24.2 Å². The summed E-state index contributed by atoms with van der Waals surface area (Å²) in [5.41, 5.74) is 2.20. The third-order valence-electron chi connectivity index (χ3n) is 4.05. The number of rotatable bonds is 8. The van der Waals surface area contributed by atoms with Gasteiger partial charge in [-0.2, -0.15) is 0 Å². The SMILES string of the molecule is COc1ccc(OC)c(CCC(=O)Nc2cccc(NC(=O)C(C)C)c2)c1. The lowest BCUT2D eigenvalue weighted by atomic mass is 10.1. The zero-order chi connectivity index (χ0) is 19.8. The van der Waals surface area contributed by atoms with Crippen LogP contribution in [0.25, 0.3) is 0 Å². The Morgan fingerprint density at radius 1 is 0.963 bits per heavy atom. The number of methoxy groups -OCH3 is 2. The molecule has 0 aliphatic heterocycles. The summed E-state index contributed by atoms with van der Waals surface area (Å²) in [6, 6.07) is 12.6. The van der Waals surface area contributed by atoms with Crippen molar-refractivity contribution in [1.29, 1.82) is 0 Å². The maximum Gasteiger partial charge on any atom is 0.226 e. The van der Waals surface area contributed by atoms with E-state index in [4.69, 9.17) is 9.47 Å². The highest BCUT2D eigenvalue weighted by Crippen LogP contribution is 2.25. The fourth-order valence-electron chi connectivity index (χ4n) is 2.51. The van der Waals surface area contributed by atoms with Crippen LogP contribution in [0.5, 0.6) is 11.5 Å². The second-order valence-corrected chi connectivity index (χ2v) is 6.45. The molecule has 0 spiro atoms. The molecular formula is C21H26N2O4. The Kier molecular flexibility index (Phi) is 7.23. The molecule has 0 saturated heterocycles. The van der Waals surface area contributed by atoms with Crippen LogP contribution in [0, 0.1) is 5.92 Å². The molecule has 6 heteroatoms. The highest BCUT2D eigenvalue weighted by atomic mass is 16.5. The molecule has 0 radical (unpaired) electrons. The van der Waals surface area contributed by atoms with Crippen LogP contribution in [-0.4, -0.2) is 26.0 Å². The van der Waals surface area contributed by atoms with Crippen LogP contribution >= 0.6 is 0 Å². The number of anilines is 2. The smallest absolute Gasteiger partial charge is 0.226 e. The van der Waals surface area contributed by atoms with Crippen LogP contribution in [0.15, 0.2) is 42.5 Å². The quantitative estimate of drug-likeness (QED) is 0.739. The van der Waals surface area contributed by atoms with Crippen molar-refractivity contribution in [2.45, 2.75) is 26.7 Å². The monoisotopic (exact) mass is 370 g/mol. The van der Waals surface area contributed by atoms with E-state index < -0.39 is 0 Å². The standard InChI is InChI=1S/C21H26N2O4/c1-14(2)21(25)23-17-7-5-6-16(13-17)22-20(24)11-8-15-12-18(26-3)9-10-19(15)27-4/h5-7,9-10,12-14H,8,11H2,1-4H3,(H,22,24)(H,23,25). The van der Waals surface area contributed by atoms with E-state index in [-0.39, 0.29) is 17.7 Å². The fraction of sp³-hybridized carbons (Fsp3) is 0.333. The Hall–Kier alpha value is -3.02. The van der Waals surface area contributed by atoms with E-state index in [1.807, 2.05) is 32.0 Å². The van der Waals surface area contributed by atoms with Crippen molar-refractivity contribution in [1.82, 2.24) is 0 Å². The summed E-state index contributed by atoms with van der Waals surface area (Å²) in [6.07, 6.45) is 0.822. The maximum absolute atomic E-state index is 12.3. The van der Waals surface area contributed by atoms with Crippen molar-refractivity contribution < 1.29 is 19.1 Å². The van der Waals surface area contributed by atoms with Crippen molar-refractivity contribution in [3.8, 4) is 11.5 Å². The number of hydrogen-bond acceptors (Lipinski definition) is 4. The molecule has 0 bridgehead atoms. The summed E-state index contributed by atoms with van der Waals surface area (Å²) in [5, 5.41) is 5.68. The maximum atomic E-state index is 12.3. The minimum absolute atomic E-state index is 0.0661. The third kappa shape index (κ3) is 6.02. The van der Waals surface area contributed by atoms with Crippen molar-refractivity contribution in [2.24, 2.45) is 5.92 Å². The molecule has 0 aliphatic rings. The first kappa shape index (κ1) is 20.3. The first-order chi connectivity index (χ1) is 12.9. The minimum atomic E-state index is -0.118. The number of carbonyl (C=O) groups excluding carboxylic acids is 2. The molecule has 2 aromatic rings. The van der Waals surface area contributed by atoms with E-state index in [1.54, 1.807) is 38.5 Å². The lowest BCUT2D eigenvalue weighted by Crippen LogP contribution is -2.18. The summed E-state index contributed by atoms with van der Waals surface area (Å²) in [5.74, 6) is 1.15. The molecule has 0 saturated carbocycles. The highest BCUT2D eigenvalue weighted by molar-refractivity contribution is 5.94. The van der Waals surface area contributed by atoms with E-state index in [2.05, 4.69) is 10.6 Å². The van der Waals surface area contributed by atoms with E-state index in [1.165, 1.54) is 0 Å². The van der Waals surface area contributed by atoms with Crippen LogP contribution in [0.4, 0.5) is 11.4 Å². The summed E-state index contributed by atoms with van der Waals surface area (Å²) < 4.78 is 10.6. The van der Waals surface area contributed by atoms with Gasteiger partial charge in [0.2, 0.25) is 11.8 Å². The largest absolute Gasteiger partial charge is 0.497 e. The average Bonchev–Trinajstić information content (AvgIpc) is 2.66. The van der Waals surface area contributed by atoms with Crippen molar-refractivity contribution in [3.63, 3.8) is 0 Å². The number of ether oxygens (including phenoxy) is 2. The number of hydrogen-bond donors (Lipinski definition) is 2. The summed E-state index contributed by atoms with van der Waals surface area (Å²) in [6.45, 7) is 3.65. The van der Waals surface area contributed by atoms with Gasteiger partial charge < -0.3 is 20.1 Å². The Morgan fingerprint density at radius 2 is 1.67 bits per heavy atom. The molecule has 0 aromatic heterocycles. The number of amides is 2. The van der Waals surface area contributed by atoms with Gasteiger partial charge in [0.05, 0.1) is 14.2 Å². The lowest BCUT2D eigenvalue weighted by Gasteiger charge is -2.12. The van der Waals surface area contributed by atoms with Gasteiger partial charge in [-0.15, -0.1) is 0 Å². The zero-order valence-electron chi connectivity index (χ0n) is 16.2. The molecular weight excluding hydrogens is 344 g/mol. The van der Waals surface area contributed by atoms with Crippen molar-refractivity contribution >= 4 is 23.2 Å². The van der Waals surface area contributed by atoms with Gasteiger partial charge in [-0.05, 0) is 48.4 Å². The minimum Gasteiger partial charge on any atom is -0.497 e. The van der Waals surface area contributed by atoms with Crippen molar-refractivity contribution in [2.75, 3.05) is 24.9 Å². The van der Waals surface area contributed by atoms with Gasteiger partial charge in [-0.25, -0.2) is 0 Å². The van der Waals surface area contributed by atoms with Gasteiger partial charge in [0.15, 0.2) is 0 Å². The molecule has 2 aromatic carbocycles. The second kappa shape index (κ2) is 9.62. The first-order valence-electron chi connectivity index (χ1n) is 8.84. The van der Waals surface area contributed by atoms with Crippen LogP contribution in [0.2, 0.25) is 0 Å². The molecule has 0 fully saturated rings. The topological polar surface area (TPSA) is 76.7 Å². The first-order valence-corrected chi connectivity index (χ1v) is 8.84. The highest BCUT2D eigenvalue weighted by Gasteiger charge is 2.10. The Morgan fingerprint density at radius 3 is 2.30 bits per heavy atom. The average molecular weight is 370 g/mol. The van der Waals surface area contributed by atoms with Crippen LogP contribution < -0.4 is 20.1 Å². The summed E-state index contributed by atoms with van der Waals surface area (Å²) >= 11 is 0. The van der Waals surface area contributed by atoms with E-state index in [9.17, 15) is 9.59 Å². The Labute approximate surface area is 159 Å². The Balaban J connectivity index is 1.97. The molecule has 0 atom stereocenters. The van der Waals surface area contributed by atoms with E-state index in [0.717, 1.165) is 17.1 Å². The lowest BCUT2D eigenvalue weighted by molar-refractivity contribution is -0.119. The van der Waals surface area contributed by atoms with Crippen molar-refractivity contribution in [3.05, 3.63) is 48.0 Å². The molecule has 2 rings (SSSR count). The third-order valence-corrected chi connectivity index (χ3v) is 4.05. The molecule has 2 amide bonds. The molecule has 144 valence electrons. The number of carbonyl (C=O) groups is 2. The number of aryl methyl sites for hydroxylation is 1. The van der Waals surface area contributed by atoms with Crippen LogP contribution in [0.1, 0.15) is 25.8 Å². The van der Waals surface area contributed by atoms with Gasteiger partial charge in [-0.3, -0.25) is 9.59 Å². The Bertz CT molecular complexity index is 803. The number of nitrogens with one attached hydrogen (secondary N) is 2. The van der Waals surface area contributed by atoms with Gasteiger partial charge in [-0.1, -0.05) is 19.9 Å². The van der Waals surface area contributed by atoms with Gasteiger partial charge in [0, 0.05) is 23.7 Å². The second-order valence-electron chi connectivity index (χ2n) is 6.45. The normalized spacial score (nSPS) is 10.4. The van der Waals surface area contributed by atoms with Gasteiger partial charge in [0.25, 0.3) is 0 Å². The summed E-state index contributed by atoms with van der Waals surface area (Å²) in [7, 11) is 3.20. The molecule has 6 nitrogen and oxygen atoms in total. The van der Waals surface area contributed by atoms with Crippen LogP contribution in [-0.2, 0) is 16.0 Å². The predicted molar refractivity (Wildman–Crippen MR) is 106 cm³/mol. The van der Waals surface area contributed by atoms with Gasteiger partial charge in [0.1, 0.15) is 11.5 Å². The molecule has 0 heterocycles. The fourth-order valence-corrected chi connectivity index (χ4v) is 2.51. The molecule has 27 heavy (non-hydrogen) atoms. The molecule has 2 N–H and O–H groups in total. The number of benzene rings is 2. The van der Waals surface area contributed by atoms with Crippen LogP contribution in [0.3, 0.4) is 0 Å². The molecule has 0 aliphatic carbocycles. The zero-order valence-corrected chi connectivity index (χ0v) is 16.2.